The Morgan fingerprint density at radius 2 is 1.74 bits per heavy atom. The van der Waals surface area contributed by atoms with Crippen molar-refractivity contribution in [1.29, 1.82) is 0 Å². The smallest absolute Gasteiger partial charge is 0.327 e. The Bertz CT molecular complexity index is 833. The molecule has 2 aromatic heterocycles. The molecule has 1 aromatic carbocycles. The molecule has 7 nitrogen and oxygen atoms in total. The average Bonchev–Trinajstić information content (AvgIpc) is 3.07. The third-order valence-corrected chi connectivity index (χ3v) is 3.23. The van der Waals surface area contributed by atoms with Gasteiger partial charge in [-0.3, -0.25) is 5.32 Å². The molecule has 0 unspecified atom stereocenters. The fourth-order valence-corrected chi connectivity index (χ4v) is 2.12. The molecule has 0 saturated carbocycles. The predicted molar refractivity (Wildman–Crippen MR) is 85.3 cm³/mol. The van der Waals surface area contributed by atoms with Crippen LogP contribution >= 0.6 is 0 Å². The second-order valence-corrected chi connectivity index (χ2v) is 5.18. The van der Waals surface area contributed by atoms with E-state index < -0.39 is 6.03 Å². The summed E-state index contributed by atoms with van der Waals surface area (Å²) in [6, 6.07) is 8.80. The van der Waals surface area contributed by atoms with Crippen LogP contribution in [0.4, 0.5) is 16.5 Å². The minimum atomic E-state index is -0.454. The Kier molecular flexibility index (Phi) is 3.84. The van der Waals surface area contributed by atoms with Crippen molar-refractivity contribution in [2.45, 2.75) is 20.8 Å². The molecule has 0 radical (unpaired) electrons. The van der Waals surface area contributed by atoms with Crippen LogP contribution in [0.1, 0.15) is 17.1 Å². The maximum Gasteiger partial charge on any atom is 0.327 e. The molecule has 0 fully saturated rings. The van der Waals surface area contributed by atoms with Crippen LogP contribution in [0.15, 0.2) is 39.2 Å². The van der Waals surface area contributed by atoms with Gasteiger partial charge in [0.15, 0.2) is 0 Å². The van der Waals surface area contributed by atoms with E-state index in [4.69, 9.17) is 8.83 Å². The van der Waals surface area contributed by atoms with Gasteiger partial charge < -0.3 is 14.2 Å². The molecule has 0 aliphatic carbocycles. The number of urea groups is 1. The van der Waals surface area contributed by atoms with E-state index in [1.54, 1.807) is 6.07 Å². The molecule has 2 N–H and O–H groups in total. The Hall–Kier alpha value is -3.09. The van der Waals surface area contributed by atoms with Crippen molar-refractivity contribution >= 4 is 17.7 Å². The van der Waals surface area contributed by atoms with E-state index >= 15 is 0 Å². The van der Waals surface area contributed by atoms with E-state index in [2.05, 4.69) is 20.8 Å². The number of hydrogen-bond acceptors (Lipinski definition) is 5. The number of furan rings is 1. The summed E-state index contributed by atoms with van der Waals surface area (Å²) in [5, 5.41) is 12.9. The van der Waals surface area contributed by atoms with Gasteiger partial charge >= 0.3 is 12.0 Å². The van der Waals surface area contributed by atoms with Gasteiger partial charge in [-0.05, 0) is 39.0 Å². The number of amides is 2. The molecule has 0 atom stereocenters. The second-order valence-electron chi connectivity index (χ2n) is 5.18. The van der Waals surface area contributed by atoms with Gasteiger partial charge in [-0.2, -0.15) is 0 Å². The summed E-state index contributed by atoms with van der Waals surface area (Å²) in [4.78, 5) is 11.9. The molecular weight excluding hydrogens is 296 g/mol. The first-order valence-corrected chi connectivity index (χ1v) is 7.07. The van der Waals surface area contributed by atoms with Crippen molar-refractivity contribution in [3.05, 3.63) is 47.4 Å². The van der Waals surface area contributed by atoms with Crippen LogP contribution in [0, 0.1) is 20.8 Å². The lowest BCUT2D eigenvalue weighted by Crippen LogP contribution is -2.19. The molecule has 23 heavy (non-hydrogen) atoms. The zero-order valence-electron chi connectivity index (χ0n) is 13.0. The van der Waals surface area contributed by atoms with E-state index in [-0.39, 0.29) is 6.01 Å². The average molecular weight is 312 g/mol. The number of aryl methyl sites for hydroxylation is 3. The molecule has 0 spiro atoms. The first-order chi connectivity index (χ1) is 11.0. The maximum absolute atomic E-state index is 11.9. The van der Waals surface area contributed by atoms with E-state index in [0.29, 0.717) is 22.9 Å². The van der Waals surface area contributed by atoms with Crippen molar-refractivity contribution in [2.24, 2.45) is 0 Å². The van der Waals surface area contributed by atoms with Gasteiger partial charge in [0.1, 0.15) is 11.5 Å². The lowest BCUT2D eigenvalue weighted by atomic mass is 10.2. The number of hydrogen-bond donors (Lipinski definition) is 2. The van der Waals surface area contributed by atoms with Crippen LogP contribution in [-0.2, 0) is 0 Å². The fourth-order valence-electron chi connectivity index (χ4n) is 2.12. The van der Waals surface area contributed by atoms with Crippen molar-refractivity contribution in [1.82, 2.24) is 10.2 Å². The van der Waals surface area contributed by atoms with Crippen LogP contribution in [0.25, 0.3) is 11.5 Å². The van der Waals surface area contributed by atoms with Gasteiger partial charge in [-0.15, -0.1) is 5.10 Å². The Morgan fingerprint density at radius 1 is 1.00 bits per heavy atom. The summed E-state index contributed by atoms with van der Waals surface area (Å²) < 4.78 is 10.9. The van der Waals surface area contributed by atoms with Gasteiger partial charge in [0.05, 0.1) is 5.56 Å². The largest absolute Gasteiger partial charge is 0.466 e. The highest BCUT2D eigenvalue weighted by molar-refractivity contribution is 5.98. The molecular formula is C16H16N4O3. The van der Waals surface area contributed by atoms with Crippen LogP contribution < -0.4 is 10.6 Å². The predicted octanol–water partition coefficient (Wildman–Crippen LogP) is 3.90. The van der Waals surface area contributed by atoms with Crippen molar-refractivity contribution in [3.8, 4) is 11.5 Å². The van der Waals surface area contributed by atoms with Gasteiger partial charge in [0.2, 0.25) is 0 Å². The molecule has 3 aromatic rings. The first kappa shape index (κ1) is 14.8. The maximum atomic E-state index is 11.9. The summed E-state index contributed by atoms with van der Waals surface area (Å²) in [6.07, 6.45) is 0. The van der Waals surface area contributed by atoms with Crippen LogP contribution in [0.5, 0.6) is 0 Å². The summed E-state index contributed by atoms with van der Waals surface area (Å²) in [7, 11) is 0. The van der Waals surface area contributed by atoms with Crippen LogP contribution in [0.2, 0.25) is 0 Å². The summed E-state index contributed by atoms with van der Waals surface area (Å²) >= 11 is 0. The number of carbonyl (C=O) groups is 1. The van der Waals surface area contributed by atoms with E-state index in [9.17, 15) is 4.79 Å². The highest BCUT2D eigenvalue weighted by atomic mass is 16.4. The van der Waals surface area contributed by atoms with Gasteiger partial charge in [-0.1, -0.05) is 22.8 Å². The number of nitrogens with zero attached hydrogens (tertiary/aromatic N) is 2. The van der Waals surface area contributed by atoms with E-state index in [0.717, 1.165) is 11.3 Å². The van der Waals surface area contributed by atoms with Gasteiger partial charge in [0.25, 0.3) is 5.89 Å². The van der Waals surface area contributed by atoms with Crippen molar-refractivity contribution in [2.75, 3.05) is 10.6 Å². The van der Waals surface area contributed by atoms with E-state index in [1.807, 2.05) is 45.0 Å². The number of rotatable bonds is 3. The molecule has 0 aliphatic heterocycles. The Labute approximate surface area is 132 Å². The van der Waals surface area contributed by atoms with Gasteiger partial charge in [0, 0.05) is 5.69 Å². The zero-order chi connectivity index (χ0) is 16.4. The Morgan fingerprint density at radius 3 is 2.39 bits per heavy atom. The minimum absolute atomic E-state index is 0.0165. The second kappa shape index (κ2) is 5.96. The van der Waals surface area contributed by atoms with Crippen LogP contribution in [0.3, 0.4) is 0 Å². The normalized spacial score (nSPS) is 10.6. The molecule has 2 amide bonds. The molecule has 2 heterocycles. The Balaban J connectivity index is 1.68. The van der Waals surface area contributed by atoms with Crippen molar-refractivity contribution < 1.29 is 13.6 Å². The number of benzene rings is 1. The third kappa shape index (κ3) is 3.39. The topological polar surface area (TPSA) is 93.2 Å². The summed E-state index contributed by atoms with van der Waals surface area (Å²) in [5.41, 5.74) is 2.50. The number of carbonyl (C=O) groups excluding carboxylic acids is 1. The number of aromatic nitrogens is 2. The summed E-state index contributed by atoms with van der Waals surface area (Å²) in [6.45, 7) is 5.62. The number of nitrogens with one attached hydrogen (secondary N) is 2. The first-order valence-electron chi connectivity index (χ1n) is 7.07. The monoisotopic (exact) mass is 312 g/mol. The summed E-state index contributed by atoms with van der Waals surface area (Å²) in [5.74, 6) is 1.73. The molecule has 0 aliphatic rings. The SMILES string of the molecule is Cc1ccc(NC(=O)Nc2nnc(-c3cc(C)oc3C)o2)cc1. The van der Waals surface area contributed by atoms with Gasteiger partial charge in [-0.25, -0.2) is 4.79 Å². The fraction of sp³-hybridized carbons (Fsp3) is 0.188. The lowest BCUT2D eigenvalue weighted by Gasteiger charge is -2.04. The standard InChI is InChI=1S/C16H16N4O3/c1-9-4-6-12(7-5-9)17-15(21)18-16-20-19-14(23-16)13-8-10(2)22-11(13)3/h4-8H,1-3H3,(H2,17,18,20,21). The highest BCUT2D eigenvalue weighted by Crippen LogP contribution is 2.26. The molecule has 3 rings (SSSR count). The minimum Gasteiger partial charge on any atom is -0.466 e. The molecule has 0 saturated heterocycles. The van der Waals surface area contributed by atoms with Crippen molar-refractivity contribution in [3.63, 3.8) is 0 Å². The molecule has 118 valence electrons. The van der Waals surface area contributed by atoms with Crippen LogP contribution in [-0.4, -0.2) is 16.2 Å². The highest BCUT2D eigenvalue weighted by Gasteiger charge is 2.15. The molecule has 7 heteroatoms. The lowest BCUT2D eigenvalue weighted by molar-refractivity contribution is 0.261. The van der Waals surface area contributed by atoms with E-state index in [1.165, 1.54) is 0 Å². The zero-order valence-corrected chi connectivity index (χ0v) is 13.0. The third-order valence-electron chi connectivity index (χ3n) is 3.23. The quantitative estimate of drug-likeness (QED) is 0.765. The number of anilines is 2. The molecule has 0 bridgehead atoms.